The van der Waals surface area contributed by atoms with E-state index in [0.717, 1.165) is 89.9 Å². The minimum absolute atomic E-state index is 0.0681. The van der Waals surface area contributed by atoms with Crippen LogP contribution in [0.15, 0.2) is 36.4 Å². The number of aromatic amines is 2. The summed E-state index contributed by atoms with van der Waals surface area (Å²) in [5, 5.41) is 2.70. The van der Waals surface area contributed by atoms with Crippen LogP contribution in [-0.4, -0.2) is 86.6 Å². The van der Waals surface area contributed by atoms with E-state index < -0.39 is 12.1 Å². The highest BCUT2D eigenvalue weighted by atomic mass is 16.5. The molecule has 4 aromatic rings. The van der Waals surface area contributed by atoms with Gasteiger partial charge in [-0.25, -0.2) is 14.8 Å². The van der Waals surface area contributed by atoms with Gasteiger partial charge in [0.05, 0.1) is 41.3 Å². The van der Waals surface area contributed by atoms with Crippen molar-refractivity contribution >= 4 is 40.0 Å². The van der Waals surface area contributed by atoms with E-state index in [1.807, 2.05) is 35.8 Å². The number of alkyl carbamates (subject to hydrolysis) is 1. The number of nitrogens with one attached hydrogen (secondary N) is 3. The highest BCUT2D eigenvalue weighted by molar-refractivity contribution is 5.88. The fourth-order valence-corrected chi connectivity index (χ4v) is 7.20. The van der Waals surface area contributed by atoms with Gasteiger partial charge in [-0.05, 0) is 79.8 Å². The molecule has 4 atom stereocenters. The van der Waals surface area contributed by atoms with Crippen molar-refractivity contribution in [3.05, 3.63) is 48.0 Å². The molecule has 0 saturated carbocycles. The van der Waals surface area contributed by atoms with E-state index in [0.29, 0.717) is 13.2 Å². The van der Waals surface area contributed by atoms with Gasteiger partial charge < -0.3 is 34.6 Å². The van der Waals surface area contributed by atoms with Crippen LogP contribution in [0.2, 0.25) is 0 Å². The van der Waals surface area contributed by atoms with Gasteiger partial charge in [-0.15, -0.1) is 0 Å². The first-order valence-corrected chi connectivity index (χ1v) is 16.4. The summed E-state index contributed by atoms with van der Waals surface area (Å²) in [6.45, 7) is 5.80. The lowest BCUT2D eigenvalue weighted by atomic mass is 10.0. The van der Waals surface area contributed by atoms with E-state index in [4.69, 9.17) is 19.4 Å². The Morgan fingerprint density at radius 3 is 2.00 bits per heavy atom. The van der Waals surface area contributed by atoms with Crippen LogP contribution < -0.4 is 5.32 Å². The molecule has 3 N–H and O–H groups in total. The van der Waals surface area contributed by atoms with Gasteiger partial charge in [-0.3, -0.25) is 9.59 Å². The van der Waals surface area contributed by atoms with E-state index in [1.165, 1.54) is 7.11 Å². The number of carbonyl (C=O) groups is 3. The van der Waals surface area contributed by atoms with Crippen LogP contribution in [0.25, 0.3) is 33.2 Å². The molecule has 0 aliphatic carbocycles. The van der Waals surface area contributed by atoms with Crippen LogP contribution >= 0.6 is 0 Å². The number of aromatic nitrogens is 4. The summed E-state index contributed by atoms with van der Waals surface area (Å²) in [7, 11) is 1.30. The third-order valence-electron chi connectivity index (χ3n) is 9.63. The topological polar surface area (TPSA) is 146 Å². The molecule has 46 heavy (non-hydrogen) atoms. The van der Waals surface area contributed by atoms with E-state index >= 15 is 0 Å². The number of hydrogen-bond donors (Lipinski definition) is 3. The molecule has 242 valence electrons. The van der Waals surface area contributed by atoms with E-state index in [1.54, 1.807) is 0 Å². The van der Waals surface area contributed by atoms with Crippen molar-refractivity contribution in [2.75, 3.05) is 26.8 Å². The summed E-state index contributed by atoms with van der Waals surface area (Å²) in [4.78, 5) is 59.2. The molecule has 5 heterocycles. The maximum absolute atomic E-state index is 13.6. The molecule has 2 aromatic heterocycles. The standard InChI is InChI=1S/C34H41N7O5/c1-19(2)29(39-34(44)45-3)33(43)41-15-5-8-27(41)31-36-23-13-11-21(18-25(23)38-31)20-10-12-22-24(17-20)37-30(35-22)26-7-4-14-40(26)32(42)28-9-6-16-46-28/h10-13,17-19,26-29H,4-9,14-16H2,1-3H3,(H,35,37)(H,36,38)(H,39,44)/t26-,27-,28+,29-/m0/s1. The lowest BCUT2D eigenvalue weighted by Crippen LogP contribution is -2.51. The molecule has 0 unspecified atom stereocenters. The molecule has 12 nitrogen and oxygen atoms in total. The van der Waals surface area contributed by atoms with Gasteiger partial charge >= 0.3 is 6.09 Å². The highest BCUT2D eigenvalue weighted by Gasteiger charge is 2.38. The number of benzene rings is 2. The molecule has 3 aliphatic rings. The van der Waals surface area contributed by atoms with E-state index in [2.05, 4.69) is 39.6 Å². The fraction of sp³-hybridized carbons (Fsp3) is 0.500. The number of hydrogen-bond acceptors (Lipinski definition) is 7. The first kappa shape index (κ1) is 30.2. The number of methoxy groups -OCH3 is 1. The molecule has 3 fully saturated rings. The zero-order valence-electron chi connectivity index (χ0n) is 26.5. The summed E-state index contributed by atoms with van der Waals surface area (Å²) in [5.41, 5.74) is 5.57. The van der Waals surface area contributed by atoms with Crippen molar-refractivity contribution < 1.29 is 23.9 Å². The molecule has 3 saturated heterocycles. The number of fused-ring (bicyclic) bond motifs is 2. The maximum atomic E-state index is 13.6. The van der Waals surface area contributed by atoms with Gasteiger partial charge in [-0.1, -0.05) is 26.0 Å². The summed E-state index contributed by atoms with van der Waals surface area (Å²) < 4.78 is 10.4. The minimum Gasteiger partial charge on any atom is -0.453 e. The third kappa shape index (κ3) is 5.59. The van der Waals surface area contributed by atoms with Crippen LogP contribution in [0.3, 0.4) is 0 Å². The summed E-state index contributed by atoms with van der Waals surface area (Å²) in [5.74, 6) is 1.41. The second kappa shape index (κ2) is 12.4. The van der Waals surface area contributed by atoms with Crippen molar-refractivity contribution in [2.45, 2.75) is 76.6 Å². The van der Waals surface area contributed by atoms with Crippen LogP contribution in [0.5, 0.6) is 0 Å². The van der Waals surface area contributed by atoms with Crippen molar-refractivity contribution in [1.29, 1.82) is 0 Å². The number of ether oxygens (including phenoxy) is 2. The maximum Gasteiger partial charge on any atom is 0.407 e. The Balaban J connectivity index is 1.11. The average molecular weight is 628 g/mol. The average Bonchev–Trinajstić information content (AvgIpc) is 3.89. The Labute approximate surface area is 267 Å². The number of nitrogens with zero attached hydrogens (tertiary/aromatic N) is 4. The molecule has 3 amide bonds. The van der Waals surface area contributed by atoms with Crippen molar-refractivity contribution in [2.24, 2.45) is 5.92 Å². The molecule has 12 heteroatoms. The predicted octanol–water partition coefficient (Wildman–Crippen LogP) is 4.99. The van der Waals surface area contributed by atoms with Crippen LogP contribution in [0, 0.1) is 5.92 Å². The van der Waals surface area contributed by atoms with Gasteiger partial charge in [-0.2, -0.15) is 0 Å². The Hall–Kier alpha value is -4.45. The SMILES string of the molecule is COC(=O)N[C@H](C(=O)N1CCC[C@H]1c1nc2ccc(-c3ccc4nc([C@@H]5CCCN5C(=O)[C@H]5CCCO5)[nH]c4c3)cc2[nH]1)C(C)C. The quantitative estimate of drug-likeness (QED) is 0.262. The first-order valence-electron chi connectivity index (χ1n) is 16.4. The van der Waals surface area contributed by atoms with E-state index in [9.17, 15) is 14.4 Å². The lowest BCUT2D eigenvalue weighted by Gasteiger charge is -2.29. The smallest absolute Gasteiger partial charge is 0.407 e. The summed E-state index contributed by atoms with van der Waals surface area (Å²) in [6, 6.07) is 11.4. The van der Waals surface area contributed by atoms with Crippen LogP contribution in [0.1, 0.15) is 76.1 Å². The van der Waals surface area contributed by atoms with Gasteiger partial charge in [0.1, 0.15) is 23.8 Å². The van der Waals surface area contributed by atoms with Crippen LogP contribution in [0.4, 0.5) is 4.79 Å². The molecule has 0 radical (unpaired) electrons. The zero-order chi connectivity index (χ0) is 31.9. The van der Waals surface area contributed by atoms with Gasteiger partial charge in [0.25, 0.3) is 5.91 Å². The summed E-state index contributed by atoms with van der Waals surface area (Å²) >= 11 is 0. The first-order chi connectivity index (χ1) is 22.3. The molecule has 3 aliphatic heterocycles. The Morgan fingerprint density at radius 2 is 1.46 bits per heavy atom. The second-order valence-corrected chi connectivity index (χ2v) is 12.9. The van der Waals surface area contributed by atoms with Gasteiger partial charge in [0, 0.05) is 19.7 Å². The Kier molecular flexibility index (Phi) is 8.14. The Bertz CT molecular complexity index is 1770. The third-order valence-corrected chi connectivity index (χ3v) is 9.63. The number of H-pyrrole nitrogens is 2. The predicted molar refractivity (Wildman–Crippen MR) is 172 cm³/mol. The lowest BCUT2D eigenvalue weighted by molar-refractivity contribution is -0.142. The fourth-order valence-electron chi connectivity index (χ4n) is 7.20. The number of imidazole rings is 2. The van der Waals surface area contributed by atoms with Gasteiger partial charge in [0.15, 0.2) is 0 Å². The number of carbonyl (C=O) groups excluding carboxylic acids is 3. The van der Waals surface area contributed by atoms with Crippen molar-refractivity contribution in [3.8, 4) is 11.1 Å². The minimum atomic E-state index is -0.680. The Morgan fingerprint density at radius 1 is 0.870 bits per heavy atom. The number of rotatable bonds is 7. The molecule has 7 rings (SSSR count). The molecule has 0 spiro atoms. The van der Waals surface area contributed by atoms with Crippen molar-refractivity contribution in [3.63, 3.8) is 0 Å². The largest absolute Gasteiger partial charge is 0.453 e. The highest BCUT2D eigenvalue weighted by Crippen LogP contribution is 2.36. The van der Waals surface area contributed by atoms with Crippen molar-refractivity contribution in [1.82, 2.24) is 35.1 Å². The summed E-state index contributed by atoms with van der Waals surface area (Å²) in [6.07, 6.45) is 4.26. The molecule has 2 aromatic carbocycles. The normalized spacial score (nSPS) is 22.3. The molecular weight excluding hydrogens is 586 g/mol. The zero-order valence-corrected chi connectivity index (χ0v) is 26.5. The number of likely N-dealkylation sites (tertiary alicyclic amines) is 2. The van der Waals surface area contributed by atoms with E-state index in [-0.39, 0.29) is 35.9 Å². The van der Waals surface area contributed by atoms with Crippen LogP contribution in [-0.2, 0) is 19.1 Å². The monoisotopic (exact) mass is 627 g/mol. The molecular formula is C34H41N7O5. The number of amides is 3. The second-order valence-electron chi connectivity index (χ2n) is 12.9. The molecule has 0 bridgehead atoms. The van der Waals surface area contributed by atoms with Gasteiger partial charge in [0.2, 0.25) is 5.91 Å².